The predicted molar refractivity (Wildman–Crippen MR) is 26.4 cm³/mol. The molecule has 0 aromatic rings. The fourth-order valence-electron chi connectivity index (χ4n) is 0.366. The number of carbonyl (C=O) groups excluding carboxylic acids is 1. The molecule has 0 radical (unpaired) electrons. The van der Waals surface area contributed by atoms with Gasteiger partial charge in [-0.05, 0) is 0 Å². The van der Waals surface area contributed by atoms with Crippen LogP contribution < -0.4 is 10.8 Å². The number of amides is 1. The van der Waals surface area contributed by atoms with Crippen LogP contribution in [0.2, 0.25) is 0 Å². The SMILES string of the molecule is O=C1C=CNCON1. The molecule has 1 amide bonds. The summed E-state index contributed by atoms with van der Waals surface area (Å²) in [4.78, 5) is 14.9. The topological polar surface area (TPSA) is 50.4 Å². The minimum Gasteiger partial charge on any atom is -0.367 e. The second kappa shape index (κ2) is 2.32. The second-order valence-corrected chi connectivity index (χ2v) is 1.29. The summed E-state index contributed by atoms with van der Waals surface area (Å²) in [7, 11) is 0. The lowest BCUT2D eigenvalue weighted by molar-refractivity contribution is -0.128. The zero-order valence-corrected chi connectivity index (χ0v) is 4.18. The molecule has 1 aliphatic rings. The van der Waals surface area contributed by atoms with Gasteiger partial charge < -0.3 is 5.32 Å². The molecule has 4 heteroatoms. The molecule has 4 nitrogen and oxygen atoms in total. The first-order valence-electron chi connectivity index (χ1n) is 2.21. The van der Waals surface area contributed by atoms with Gasteiger partial charge in [0.05, 0.1) is 0 Å². The van der Waals surface area contributed by atoms with Gasteiger partial charge in [0, 0.05) is 12.3 Å². The highest BCUT2D eigenvalue weighted by molar-refractivity contribution is 5.86. The van der Waals surface area contributed by atoms with Crippen LogP contribution in [0.5, 0.6) is 0 Å². The molecule has 1 aliphatic heterocycles. The largest absolute Gasteiger partial charge is 0.367 e. The van der Waals surface area contributed by atoms with E-state index in [1.807, 2.05) is 0 Å². The van der Waals surface area contributed by atoms with Crippen LogP contribution in [0, 0.1) is 0 Å². The normalized spacial score (nSPS) is 18.8. The van der Waals surface area contributed by atoms with Crippen molar-refractivity contribution in [3.8, 4) is 0 Å². The van der Waals surface area contributed by atoms with Crippen LogP contribution in [0.4, 0.5) is 0 Å². The van der Waals surface area contributed by atoms with Crippen molar-refractivity contribution >= 4 is 5.91 Å². The van der Waals surface area contributed by atoms with Crippen molar-refractivity contribution in [2.24, 2.45) is 0 Å². The Labute approximate surface area is 46.5 Å². The van der Waals surface area contributed by atoms with Crippen molar-refractivity contribution in [2.75, 3.05) is 6.73 Å². The number of hydrogen-bond acceptors (Lipinski definition) is 3. The molecule has 0 aromatic carbocycles. The van der Waals surface area contributed by atoms with Gasteiger partial charge >= 0.3 is 0 Å². The molecular formula is C4H6N2O2. The van der Waals surface area contributed by atoms with E-state index in [1.54, 1.807) is 0 Å². The third-order valence-corrected chi connectivity index (χ3v) is 0.681. The average Bonchev–Trinajstić information content (AvgIpc) is 1.94. The fraction of sp³-hybridized carbons (Fsp3) is 0.250. The van der Waals surface area contributed by atoms with Gasteiger partial charge in [0.2, 0.25) is 0 Å². The maximum absolute atomic E-state index is 10.3. The first-order chi connectivity index (χ1) is 3.89. The standard InChI is InChI=1S/C4H6N2O2/c7-4-1-2-5-3-8-6-4/h1-2,5H,3H2,(H,6,7). The van der Waals surface area contributed by atoms with E-state index in [2.05, 4.69) is 15.6 Å². The van der Waals surface area contributed by atoms with Gasteiger partial charge in [-0.2, -0.15) is 0 Å². The number of hydrogen-bond donors (Lipinski definition) is 2. The first-order valence-corrected chi connectivity index (χ1v) is 2.21. The lowest BCUT2D eigenvalue weighted by atomic mass is 10.6. The van der Waals surface area contributed by atoms with Crippen molar-refractivity contribution in [1.82, 2.24) is 10.8 Å². The molecule has 44 valence electrons. The van der Waals surface area contributed by atoms with E-state index in [-0.39, 0.29) is 5.91 Å². The number of rotatable bonds is 0. The molecule has 8 heavy (non-hydrogen) atoms. The molecule has 0 saturated heterocycles. The molecule has 0 unspecified atom stereocenters. The van der Waals surface area contributed by atoms with Crippen molar-refractivity contribution in [2.45, 2.75) is 0 Å². The lowest BCUT2D eigenvalue weighted by Crippen LogP contribution is -2.22. The van der Waals surface area contributed by atoms with Crippen molar-refractivity contribution < 1.29 is 9.63 Å². The van der Waals surface area contributed by atoms with E-state index in [0.29, 0.717) is 6.73 Å². The Kier molecular flexibility index (Phi) is 1.48. The molecule has 2 N–H and O–H groups in total. The molecule has 0 aromatic heterocycles. The van der Waals surface area contributed by atoms with Crippen LogP contribution in [0.3, 0.4) is 0 Å². The summed E-state index contributed by atoms with van der Waals surface area (Å²) in [6.45, 7) is 0.322. The van der Waals surface area contributed by atoms with Gasteiger partial charge in [0.25, 0.3) is 5.91 Å². The predicted octanol–water partition coefficient (Wildman–Crippen LogP) is -0.891. The van der Waals surface area contributed by atoms with Gasteiger partial charge in [0.15, 0.2) is 0 Å². The Hall–Kier alpha value is -1.03. The Morgan fingerprint density at radius 3 is 3.50 bits per heavy atom. The third kappa shape index (κ3) is 1.23. The van der Waals surface area contributed by atoms with Crippen LogP contribution in [0.25, 0.3) is 0 Å². The molecule has 0 atom stereocenters. The number of nitrogens with one attached hydrogen (secondary N) is 2. The summed E-state index contributed by atoms with van der Waals surface area (Å²) in [5.74, 6) is -0.241. The van der Waals surface area contributed by atoms with E-state index >= 15 is 0 Å². The molecule has 1 rings (SSSR count). The van der Waals surface area contributed by atoms with Crippen LogP contribution in [0.1, 0.15) is 0 Å². The third-order valence-electron chi connectivity index (χ3n) is 0.681. The van der Waals surface area contributed by atoms with Gasteiger partial charge in [-0.25, -0.2) is 5.48 Å². The quantitative estimate of drug-likeness (QED) is 0.429. The number of hydroxylamine groups is 1. The Morgan fingerprint density at radius 2 is 2.62 bits per heavy atom. The van der Waals surface area contributed by atoms with Gasteiger partial charge in [-0.1, -0.05) is 0 Å². The van der Waals surface area contributed by atoms with Gasteiger partial charge in [-0.15, -0.1) is 0 Å². The van der Waals surface area contributed by atoms with E-state index in [0.717, 1.165) is 0 Å². The zero-order valence-electron chi connectivity index (χ0n) is 4.18. The number of carbonyl (C=O) groups is 1. The molecule has 0 fully saturated rings. The summed E-state index contributed by atoms with van der Waals surface area (Å²) in [5.41, 5.74) is 2.16. The summed E-state index contributed by atoms with van der Waals surface area (Å²) >= 11 is 0. The highest BCUT2D eigenvalue weighted by atomic mass is 16.7. The molecule has 1 heterocycles. The van der Waals surface area contributed by atoms with E-state index in [9.17, 15) is 4.79 Å². The molecule has 0 aliphatic carbocycles. The average molecular weight is 114 g/mol. The lowest BCUT2D eigenvalue weighted by Gasteiger charge is -1.96. The maximum Gasteiger partial charge on any atom is 0.269 e. The zero-order chi connectivity index (χ0) is 5.82. The molecule has 0 saturated carbocycles. The highest BCUT2D eigenvalue weighted by Crippen LogP contribution is 1.75. The monoisotopic (exact) mass is 114 g/mol. The molecule has 0 spiro atoms. The first kappa shape index (κ1) is 5.11. The van der Waals surface area contributed by atoms with Crippen molar-refractivity contribution in [3.63, 3.8) is 0 Å². The summed E-state index contributed by atoms with van der Waals surface area (Å²) in [6, 6.07) is 0. The minimum atomic E-state index is -0.241. The second-order valence-electron chi connectivity index (χ2n) is 1.29. The van der Waals surface area contributed by atoms with E-state index in [1.165, 1.54) is 12.3 Å². The molecular weight excluding hydrogens is 108 g/mol. The Balaban J connectivity index is 2.44. The van der Waals surface area contributed by atoms with Crippen molar-refractivity contribution in [1.29, 1.82) is 0 Å². The van der Waals surface area contributed by atoms with Crippen LogP contribution in [0.15, 0.2) is 12.3 Å². The van der Waals surface area contributed by atoms with Crippen LogP contribution >= 0.6 is 0 Å². The summed E-state index contributed by atoms with van der Waals surface area (Å²) in [5, 5.41) is 2.69. The van der Waals surface area contributed by atoms with Crippen molar-refractivity contribution in [3.05, 3.63) is 12.3 Å². The van der Waals surface area contributed by atoms with Gasteiger partial charge in [0.1, 0.15) is 6.73 Å². The van der Waals surface area contributed by atoms with Crippen LogP contribution in [-0.4, -0.2) is 12.6 Å². The van der Waals surface area contributed by atoms with Gasteiger partial charge in [-0.3, -0.25) is 9.63 Å². The fourth-order valence-corrected chi connectivity index (χ4v) is 0.366. The molecule has 0 bridgehead atoms. The Morgan fingerprint density at radius 1 is 1.75 bits per heavy atom. The van der Waals surface area contributed by atoms with E-state index < -0.39 is 0 Å². The van der Waals surface area contributed by atoms with E-state index in [4.69, 9.17) is 0 Å². The summed E-state index contributed by atoms with van der Waals surface area (Å²) in [6.07, 6.45) is 2.88. The smallest absolute Gasteiger partial charge is 0.269 e. The minimum absolute atomic E-state index is 0.241. The highest BCUT2D eigenvalue weighted by Gasteiger charge is 1.95. The summed E-state index contributed by atoms with van der Waals surface area (Å²) < 4.78 is 0. The Bertz CT molecular complexity index is 121. The van der Waals surface area contributed by atoms with Crippen LogP contribution in [-0.2, 0) is 9.63 Å². The maximum atomic E-state index is 10.3.